The van der Waals surface area contributed by atoms with Gasteiger partial charge >= 0.3 is 16.2 Å². The van der Waals surface area contributed by atoms with Gasteiger partial charge in [-0.2, -0.15) is 8.42 Å². The van der Waals surface area contributed by atoms with Crippen molar-refractivity contribution in [3.05, 3.63) is 83.1 Å². The molecule has 0 aliphatic carbocycles. The second kappa shape index (κ2) is 10.5. The molecular weight excluding hydrogens is 550 g/mol. The highest BCUT2D eigenvalue weighted by Gasteiger charge is 2.34. The number of hydrogen-bond donors (Lipinski definition) is 2. The third-order valence-electron chi connectivity index (χ3n) is 6.17. The Morgan fingerprint density at radius 1 is 1.10 bits per heavy atom. The van der Waals surface area contributed by atoms with Crippen LogP contribution in [0.15, 0.2) is 60.2 Å². The van der Waals surface area contributed by atoms with Crippen molar-refractivity contribution in [3.8, 4) is 0 Å². The van der Waals surface area contributed by atoms with Gasteiger partial charge in [-0.25, -0.2) is 27.6 Å². The molecular formula is C25H22F2N6O4S2. The van der Waals surface area contributed by atoms with Gasteiger partial charge in [-0.15, -0.1) is 11.3 Å². The molecule has 4 aromatic rings. The number of amides is 3. The zero-order valence-electron chi connectivity index (χ0n) is 20.5. The largest absolute Gasteiger partial charge is 0.330 e. The number of likely N-dealkylation sites (N-methyl/N-ethyl adjacent to an activating group) is 1. The smallest absolute Gasteiger partial charge is 0.325 e. The molecule has 10 nitrogen and oxygen atoms in total. The van der Waals surface area contributed by atoms with Gasteiger partial charge in [-0.1, -0.05) is 0 Å². The van der Waals surface area contributed by atoms with E-state index in [1.165, 1.54) is 35.7 Å². The van der Waals surface area contributed by atoms with Gasteiger partial charge in [0.15, 0.2) is 5.82 Å². The number of carbonyl (C=O) groups is 2. The average Bonchev–Trinajstić information content (AvgIpc) is 3.53. The lowest BCUT2D eigenvalue weighted by Gasteiger charge is -2.26. The fourth-order valence-electron chi connectivity index (χ4n) is 4.34. The van der Waals surface area contributed by atoms with Gasteiger partial charge in [0.25, 0.3) is 0 Å². The Morgan fingerprint density at radius 2 is 1.85 bits per heavy atom. The van der Waals surface area contributed by atoms with E-state index in [0.29, 0.717) is 23.9 Å². The summed E-state index contributed by atoms with van der Waals surface area (Å²) in [4.78, 5) is 35.8. The minimum absolute atomic E-state index is 0.0285. The maximum Gasteiger partial charge on any atom is 0.330 e. The molecule has 0 saturated carbocycles. The molecule has 0 unspecified atom stereocenters. The summed E-state index contributed by atoms with van der Waals surface area (Å²) < 4.78 is 57.5. The molecule has 2 aromatic heterocycles. The first-order chi connectivity index (χ1) is 18.6. The van der Waals surface area contributed by atoms with E-state index >= 15 is 0 Å². The first kappa shape index (κ1) is 26.4. The predicted octanol–water partition coefficient (Wildman–Crippen LogP) is 3.15. The number of urea groups is 1. The van der Waals surface area contributed by atoms with Crippen molar-refractivity contribution in [1.29, 1.82) is 0 Å². The molecule has 0 saturated heterocycles. The SMILES string of the molecule is CN(C(=O)[C@H](Cc1cc(F)cc(F)c1)NC(=O)NS(=O)(=O)N1CCc2nccnc21)c1ccc2sccc2c1. The van der Waals surface area contributed by atoms with E-state index in [4.69, 9.17) is 0 Å². The lowest BCUT2D eigenvalue weighted by Crippen LogP contribution is -2.54. The summed E-state index contributed by atoms with van der Waals surface area (Å²) >= 11 is 1.54. The van der Waals surface area contributed by atoms with Crippen LogP contribution in [0.4, 0.5) is 25.1 Å². The van der Waals surface area contributed by atoms with E-state index < -0.39 is 39.8 Å². The number of benzene rings is 2. The summed E-state index contributed by atoms with van der Waals surface area (Å²) in [6.07, 6.45) is 2.79. The number of nitrogens with zero attached hydrogens (tertiary/aromatic N) is 4. The molecule has 1 aliphatic rings. The fraction of sp³-hybridized carbons (Fsp3) is 0.200. The van der Waals surface area contributed by atoms with E-state index in [2.05, 4.69) is 15.3 Å². The lowest BCUT2D eigenvalue weighted by atomic mass is 10.0. The molecule has 1 atom stereocenters. The molecule has 3 amide bonds. The van der Waals surface area contributed by atoms with Crippen molar-refractivity contribution in [1.82, 2.24) is 20.0 Å². The number of fused-ring (bicyclic) bond motifs is 2. The number of hydrogen-bond acceptors (Lipinski definition) is 7. The van der Waals surface area contributed by atoms with Gasteiger partial charge in [0.05, 0.1) is 5.69 Å². The highest BCUT2D eigenvalue weighted by atomic mass is 32.2. The first-order valence-electron chi connectivity index (χ1n) is 11.7. The Labute approximate surface area is 226 Å². The predicted molar refractivity (Wildman–Crippen MR) is 143 cm³/mol. The standard InChI is InChI=1S/C25H22F2N6O4S2/c1-32(19-2-3-22-16(13-19)5-9-38-22)24(34)21(12-15-10-17(26)14-18(27)11-15)30-25(35)31-39(36,37)33-8-4-20-23(33)29-7-6-28-20/h2-3,5-7,9-11,13-14,21H,4,8,12H2,1H3,(H2,30,31,35)/t21-/m0/s1. The van der Waals surface area contributed by atoms with Crippen LogP contribution in [0.2, 0.25) is 0 Å². The summed E-state index contributed by atoms with van der Waals surface area (Å²) in [5.74, 6) is -2.23. The molecule has 5 rings (SSSR count). The zero-order chi connectivity index (χ0) is 27.7. The molecule has 14 heteroatoms. The van der Waals surface area contributed by atoms with Crippen LogP contribution in [0.3, 0.4) is 0 Å². The molecule has 0 fully saturated rings. The minimum Gasteiger partial charge on any atom is -0.325 e. The molecule has 0 bridgehead atoms. The van der Waals surface area contributed by atoms with Crippen LogP contribution in [0.25, 0.3) is 10.1 Å². The Hall–Kier alpha value is -4.17. The van der Waals surface area contributed by atoms with Crippen LogP contribution in [-0.2, 0) is 27.8 Å². The van der Waals surface area contributed by atoms with Gasteiger partial charge in [-0.3, -0.25) is 9.78 Å². The Morgan fingerprint density at radius 3 is 2.62 bits per heavy atom. The summed E-state index contributed by atoms with van der Waals surface area (Å²) in [6, 6.07) is 7.47. The van der Waals surface area contributed by atoms with Gasteiger partial charge in [0.2, 0.25) is 5.91 Å². The van der Waals surface area contributed by atoms with Crippen molar-refractivity contribution in [2.75, 3.05) is 22.8 Å². The van der Waals surface area contributed by atoms with Crippen molar-refractivity contribution in [2.24, 2.45) is 0 Å². The van der Waals surface area contributed by atoms with Gasteiger partial charge < -0.3 is 10.2 Å². The minimum atomic E-state index is -4.40. The number of aromatic nitrogens is 2. The van der Waals surface area contributed by atoms with Crippen molar-refractivity contribution >= 4 is 55.1 Å². The molecule has 0 spiro atoms. The Kier molecular flexibility index (Phi) is 7.14. The van der Waals surface area contributed by atoms with Crippen LogP contribution >= 0.6 is 11.3 Å². The first-order valence-corrected chi connectivity index (χ1v) is 14.0. The lowest BCUT2D eigenvalue weighted by molar-refractivity contribution is -0.120. The Balaban J connectivity index is 1.38. The maximum atomic E-state index is 13.9. The molecule has 2 aromatic carbocycles. The molecule has 3 heterocycles. The van der Waals surface area contributed by atoms with Crippen LogP contribution in [-0.4, -0.2) is 50.0 Å². The number of rotatable bonds is 7. The highest BCUT2D eigenvalue weighted by molar-refractivity contribution is 7.91. The number of halogens is 2. The average molecular weight is 573 g/mol. The summed E-state index contributed by atoms with van der Waals surface area (Å²) in [7, 11) is -2.90. The molecule has 2 N–H and O–H groups in total. The van der Waals surface area contributed by atoms with Crippen molar-refractivity contribution in [3.63, 3.8) is 0 Å². The Bertz CT molecular complexity index is 1660. The highest BCUT2D eigenvalue weighted by Crippen LogP contribution is 2.27. The normalized spacial score (nSPS) is 13.7. The van der Waals surface area contributed by atoms with Crippen LogP contribution in [0.5, 0.6) is 0 Å². The number of carbonyl (C=O) groups excluding carboxylic acids is 2. The van der Waals surface area contributed by atoms with Crippen LogP contribution in [0, 0.1) is 11.6 Å². The van der Waals surface area contributed by atoms with Crippen molar-refractivity contribution < 1.29 is 26.8 Å². The van der Waals surface area contributed by atoms with E-state index in [-0.39, 0.29) is 24.3 Å². The monoisotopic (exact) mass is 572 g/mol. The van der Waals surface area contributed by atoms with E-state index in [1.807, 2.05) is 22.2 Å². The van der Waals surface area contributed by atoms with E-state index in [9.17, 15) is 26.8 Å². The molecule has 1 aliphatic heterocycles. The third-order valence-corrected chi connectivity index (χ3v) is 8.45. The quantitative estimate of drug-likeness (QED) is 0.351. The van der Waals surface area contributed by atoms with Gasteiger partial charge in [-0.05, 0) is 52.7 Å². The second-order valence-corrected chi connectivity index (χ2v) is 11.3. The summed E-state index contributed by atoms with van der Waals surface area (Å²) in [6.45, 7) is 0.0285. The summed E-state index contributed by atoms with van der Waals surface area (Å²) in [5.41, 5.74) is 1.08. The van der Waals surface area contributed by atoms with E-state index in [0.717, 1.165) is 26.5 Å². The maximum absolute atomic E-state index is 13.9. The van der Waals surface area contributed by atoms with Crippen LogP contribution < -0.4 is 19.2 Å². The van der Waals surface area contributed by atoms with E-state index in [1.54, 1.807) is 12.1 Å². The number of nitrogens with one attached hydrogen (secondary N) is 2. The van der Waals surface area contributed by atoms with Crippen molar-refractivity contribution in [2.45, 2.75) is 18.9 Å². The van der Waals surface area contributed by atoms with Gasteiger partial charge in [0.1, 0.15) is 17.7 Å². The number of anilines is 2. The number of thiophene rings is 1. The van der Waals surface area contributed by atoms with Gasteiger partial charge in [0, 0.05) is 55.3 Å². The molecule has 39 heavy (non-hydrogen) atoms. The molecule has 0 radical (unpaired) electrons. The summed E-state index contributed by atoms with van der Waals surface area (Å²) in [5, 5.41) is 5.18. The fourth-order valence-corrected chi connectivity index (χ4v) is 6.23. The third kappa shape index (κ3) is 5.66. The topological polar surface area (TPSA) is 125 Å². The van der Waals surface area contributed by atoms with Crippen LogP contribution in [0.1, 0.15) is 11.3 Å². The second-order valence-electron chi connectivity index (χ2n) is 8.80. The zero-order valence-corrected chi connectivity index (χ0v) is 22.1. The molecule has 202 valence electrons.